The maximum absolute atomic E-state index is 13.1. The maximum Gasteiger partial charge on any atom is 0.322 e. The molecule has 0 aliphatic heterocycles. The lowest BCUT2D eigenvalue weighted by atomic mass is 10.0. The Morgan fingerprint density at radius 1 is 0.861 bits per heavy atom. The highest BCUT2D eigenvalue weighted by Gasteiger charge is 2.30. The van der Waals surface area contributed by atoms with E-state index < -0.39 is 73.1 Å². The maximum atomic E-state index is 13.1. The predicted molar refractivity (Wildman–Crippen MR) is 124 cm³/mol. The van der Waals surface area contributed by atoms with E-state index in [1.54, 1.807) is 30.5 Å². The van der Waals surface area contributed by atoms with Crippen molar-refractivity contribution in [1.29, 1.82) is 0 Å². The Labute approximate surface area is 204 Å². The van der Waals surface area contributed by atoms with Crippen molar-refractivity contribution < 1.29 is 44.1 Å². The number of fused-ring (bicyclic) bond motifs is 1. The number of aromatic nitrogens is 1. The van der Waals surface area contributed by atoms with Crippen LogP contribution in [0.5, 0.6) is 0 Å². The lowest BCUT2D eigenvalue weighted by Crippen LogP contribution is -2.56. The van der Waals surface area contributed by atoms with Crippen LogP contribution in [0.3, 0.4) is 0 Å². The number of aromatic amines is 1. The number of aliphatic carboxylic acids is 3. The fraction of sp³-hybridized carbons (Fsp3) is 0.364. The summed E-state index contributed by atoms with van der Waals surface area (Å²) >= 11 is 0. The molecule has 1 heterocycles. The monoisotopic (exact) mass is 505 g/mol. The molecule has 36 heavy (non-hydrogen) atoms. The first kappa shape index (κ1) is 27.8. The molecule has 0 aliphatic carbocycles. The van der Waals surface area contributed by atoms with Gasteiger partial charge in [0.25, 0.3) is 0 Å². The molecule has 2 aromatic rings. The summed E-state index contributed by atoms with van der Waals surface area (Å²) in [6.07, 6.45) is -0.00117. The molecule has 194 valence electrons. The van der Waals surface area contributed by atoms with Gasteiger partial charge >= 0.3 is 17.9 Å². The van der Waals surface area contributed by atoms with Gasteiger partial charge in [-0.05, 0) is 18.1 Å². The van der Waals surface area contributed by atoms with E-state index in [-0.39, 0.29) is 12.8 Å². The van der Waals surface area contributed by atoms with Crippen LogP contribution in [-0.4, -0.2) is 80.6 Å². The number of nitrogens with two attached hydrogens (primary N) is 1. The van der Waals surface area contributed by atoms with Gasteiger partial charge in [-0.1, -0.05) is 18.2 Å². The minimum Gasteiger partial charge on any atom is -0.481 e. The molecule has 0 saturated heterocycles. The third-order valence-electron chi connectivity index (χ3n) is 5.16. The molecule has 2 rings (SSSR count). The second-order valence-electron chi connectivity index (χ2n) is 7.93. The number of H-pyrrole nitrogens is 1. The smallest absolute Gasteiger partial charge is 0.322 e. The lowest BCUT2D eigenvalue weighted by Gasteiger charge is -2.23. The summed E-state index contributed by atoms with van der Waals surface area (Å²) in [5, 5.41) is 34.2. The Morgan fingerprint density at radius 3 is 2.17 bits per heavy atom. The van der Waals surface area contributed by atoms with Crippen molar-refractivity contribution in [3.8, 4) is 0 Å². The summed E-state index contributed by atoms with van der Waals surface area (Å²) in [6.45, 7) is -0.752. The van der Waals surface area contributed by atoms with Crippen molar-refractivity contribution in [2.24, 2.45) is 5.73 Å². The minimum atomic E-state index is -1.46. The highest BCUT2D eigenvalue weighted by atomic mass is 16.4. The zero-order chi connectivity index (χ0) is 26.8. The third-order valence-corrected chi connectivity index (χ3v) is 5.16. The number of nitrogens with one attached hydrogen (secondary N) is 4. The van der Waals surface area contributed by atoms with Crippen LogP contribution in [0.1, 0.15) is 24.8 Å². The Kier molecular flexibility index (Phi) is 9.92. The molecule has 14 nitrogen and oxygen atoms in total. The number of carboxylic acids is 3. The molecule has 1 aromatic heterocycles. The Morgan fingerprint density at radius 2 is 1.53 bits per heavy atom. The molecule has 0 fully saturated rings. The molecular formula is C22H27N5O9. The summed E-state index contributed by atoms with van der Waals surface area (Å²) in [5.41, 5.74) is 6.99. The number of carboxylic acid groups (broad SMARTS) is 3. The number of carbonyl (C=O) groups is 6. The second-order valence-corrected chi connectivity index (χ2v) is 7.93. The van der Waals surface area contributed by atoms with Gasteiger partial charge in [-0.15, -0.1) is 0 Å². The molecule has 14 heteroatoms. The molecule has 3 atom stereocenters. The first-order valence-corrected chi connectivity index (χ1v) is 10.8. The molecule has 0 saturated carbocycles. The first-order chi connectivity index (χ1) is 17.0. The van der Waals surface area contributed by atoms with Crippen molar-refractivity contribution in [2.45, 2.75) is 43.8 Å². The largest absolute Gasteiger partial charge is 0.481 e. The van der Waals surface area contributed by atoms with Crippen LogP contribution >= 0.6 is 0 Å². The van der Waals surface area contributed by atoms with Gasteiger partial charge in [-0.3, -0.25) is 28.8 Å². The molecule has 9 N–H and O–H groups in total. The average Bonchev–Trinajstić information content (AvgIpc) is 3.21. The Bertz CT molecular complexity index is 1150. The Hall–Kier alpha value is -4.46. The van der Waals surface area contributed by atoms with E-state index in [1.807, 2.05) is 0 Å². The summed E-state index contributed by atoms with van der Waals surface area (Å²) < 4.78 is 0. The number of hydrogen-bond donors (Lipinski definition) is 8. The summed E-state index contributed by atoms with van der Waals surface area (Å²) in [6, 6.07) is 2.95. The summed E-state index contributed by atoms with van der Waals surface area (Å²) in [7, 11) is 0. The first-order valence-electron chi connectivity index (χ1n) is 10.8. The van der Waals surface area contributed by atoms with E-state index in [1.165, 1.54) is 0 Å². The van der Waals surface area contributed by atoms with E-state index in [2.05, 4.69) is 20.9 Å². The molecule has 3 unspecified atom stereocenters. The van der Waals surface area contributed by atoms with E-state index in [9.17, 15) is 28.8 Å². The molecule has 0 bridgehead atoms. The standard InChI is InChI=1S/C22H27N5O9/c23-13(8-18(30)31)20(34)27-16(7-11-9-24-14-4-2-1-3-12(11)14)22(36)26-15(5-6-17(28)29)21(35)25-10-19(32)33/h1-4,9,13,15-16,24H,5-8,10,23H2,(H,25,35)(H,26,36)(H,27,34)(H,28,29)(H,30,31)(H,32,33). The summed E-state index contributed by atoms with van der Waals surface area (Å²) in [5.74, 6) is -6.63. The van der Waals surface area contributed by atoms with Crippen LogP contribution in [0.15, 0.2) is 30.5 Å². The van der Waals surface area contributed by atoms with E-state index in [4.69, 9.17) is 21.1 Å². The molecule has 0 spiro atoms. The zero-order valence-electron chi connectivity index (χ0n) is 19.0. The van der Waals surface area contributed by atoms with Crippen LogP contribution in [0, 0.1) is 0 Å². The van der Waals surface area contributed by atoms with Gasteiger partial charge in [0.1, 0.15) is 18.6 Å². The van der Waals surface area contributed by atoms with Crippen molar-refractivity contribution in [3.05, 3.63) is 36.0 Å². The SMILES string of the molecule is NC(CC(=O)O)C(=O)NC(Cc1c[nH]c2ccccc12)C(=O)NC(CCC(=O)O)C(=O)NCC(=O)O. The van der Waals surface area contributed by atoms with Crippen molar-refractivity contribution >= 4 is 46.5 Å². The fourth-order valence-corrected chi connectivity index (χ4v) is 3.38. The quantitative estimate of drug-likeness (QED) is 0.148. The van der Waals surface area contributed by atoms with Gasteiger partial charge < -0.3 is 42.0 Å². The van der Waals surface area contributed by atoms with E-state index >= 15 is 0 Å². The highest BCUT2D eigenvalue weighted by Crippen LogP contribution is 2.19. The molecular weight excluding hydrogens is 478 g/mol. The van der Waals surface area contributed by atoms with Gasteiger partial charge in [0.2, 0.25) is 17.7 Å². The number of rotatable bonds is 14. The van der Waals surface area contributed by atoms with E-state index in [0.717, 1.165) is 10.9 Å². The van der Waals surface area contributed by atoms with Crippen LogP contribution in [-0.2, 0) is 35.2 Å². The number of hydrogen-bond acceptors (Lipinski definition) is 7. The van der Waals surface area contributed by atoms with Crippen molar-refractivity contribution in [3.63, 3.8) is 0 Å². The van der Waals surface area contributed by atoms with Crippen molar-refractivity contribution in [2.75, 3.05) is 6.54 Å². The number of amides is 3. The second kappa shape index (κ2) is 12.9. The normalized spacial score (nSPS) is 13.2. The van der Waals surface area contributed by atoms with Gasteiger partial charge in [0.15, 0.2) is 0 Å². The third kappa shape index (κ3) is 8.39. The zero-order valence-corrected chi connectivity index (χ0v) is 19.0. The molecule has 1 aromatic carbocycles. The van der Waals surface area contributed by atoms with Crippen molar-refractivity contribution in [1.82, 2.24) is 20.9 Å². The molecule has 3 amide bonds. The number of para-hydroxylation sites is 1. The van der Waals surface area contributed by atoms with Gasteiger partial charge in [0, 0.05) is 29.9 Å². The fourth-order valence-electron chi connectivity index (χ4n) is 3.38. The van der Waals surface area contributed by atoms with Crippen LogP contribution < -0.4 is 21.7 Å². The topological polar surface area (TPSA) is 241 Å². The van der Waals surface area contributed by atoms with Crippen LogP contribution in [0.25, 0.3) is 10.9 Å². The summed E-state index contributed by atoms with van der Waals surface area (Å²) in [4.78, 5) is 73.7. The predicted octanol–water partition coefficient (Wildman–Crippen LogP) is -1.45. The number of benzene rings is 1. The highest BCUT2D eigenvalue weighted by molar-refractivity contribution is 5.95. The Balaban J connectivity index is 2.27. The van der Waals surface area contributed by atoms with Crippen LogP contribution in [0.4, 0.5) is 0 Å². The lowest BCUT2D eigenvalue weighted by molar-refractivity contribution is -0.140. The molecule has 0 aliphatic rings. The van der Waals surface area contributed by atoms with Crippen LogP contribution in [0.2, 0.25) is 0 Å². The van der Waals surface area contributed by atoms with E-state index in [0.29, 0.717) is 5.56 Å². The molecule has 0 radical (unpaired) electrons. The van der Waals surface area contributed by atoms with Gasteiger partial charge in [-0.2, -0.15) is 0 Å². The minimum absolute atomic E-state index is 0.0796. The van der Waals surface area contributed by atoms with Gasteiger partial charge in [0.05, 0.1) is 12.5 Å². The number of carbonyl (C=O) groups excluding carboxylic acids is 3. The average molecular weight is 505 g/mol. The van der Waals surface area contributed by atoms with Gasteiger partial charge in [-0.25, -0.2) is 0 Å².